The molecule has 0 bridgehead atoms. The van der Waals surface area contributed by atoms with Crippen LogP contribution in [0.3, 0.4) is 0 Å². The standard InChI is InChI=1S/C14H21ClN6/c1-9(2)20-6-5-7-21-11(8-20)12(15)13(18-21)14-17-16-10(3)19(14)4/h9H,5-8H2,1-4H3. The number of rotatable bonds is 2. The SMILES string of the molecule is Cc1nnc(-c2nn3c(c2Cl)CN(C(C)C)CCC3)n1C. The van der Waals surface area contributed by atoms with Crippen molar-refractivity contribution in [2.45, 2.75) is 46.3 Å². The minimum Gasteiger partial charge on any atom is -0.313 e. The summed E-state index contributed by atoms with van der Waals surface area (Å²) >= 11 is 6.61. The van der Waals surface area contributed by atoms with E-state index in [-0.39, 0.29) is 0 Å². The maximum absolute atomic E-state index is 6.61. The van der Waals surface area contributed by atoms with Crippen molar-refractivity contribution in [2.75, 3.05) is 6.54 Å². The molecular weight excluding hydrogens is 288 g/mol. The summed E-state index contributed by atoms with van der Waals surface area (Å²) in [7, 11) is 1.94. The Morgan fingerprint density at radius 3 is 2.57 bits per heavy atom. The summed E-state index contributed by atoms with van der Waals surface area (Å²) in [5.41, 5.74) is 1.82. The smallest absolute Gasteiger partial charge is 0.185 e. The van der Waals surface area contributed by atoms with Gasteiger partial charge in [0, 0.05) is 32.7 Å². The zero-order valence-corrected chi connectivity index (χ0v) is 13.7. The minimum atomic E-state index is 0.503. The molecule has 2 aromatic heterocycles. The fraction of sp³-hybridized carbons (Fsp3) is 0.643. The predicted octanol–water partition coefficient (Wildman–Crippen LogP) is 2.25. The van der Waals surface area contributed by atoms with Crippen LogP contribution in [-0.4, -0.2) is 42.0 Å². The third-order valence-corrected chi connectivity index (χ3v) is 4.59. The molecule has 2 aromatic rings. The maximum atomic E-state index is 6.61. The second-order valence-corrected chi connectivity index (χ2v) is 6.26. The number of hydrogen-bond acceptors (Lipinski definition) is 4. The summed E-state index contributed by atoms with van der Waals surface area (Å²) in [6.07, 6.45) is 1.08. The van der Waals surface area contributed by atoms with Crippen LogP contribution >= 0.6 is 11.6 Å². The molecule has 6 nitrogen and oxygen atoms in total. The van der Waals surface area contributed by atoms with Gasteiger partial charge in [-0.1, -0.05) is 11.6 Å². The molecule has 0 radical (unpaired) electrons. The van der Waals surface area contributed by atoms with Gasteiger partial charge in [0.2, 0.25) is 0 Å². The summed E-state index contributed by atoms with van der Waals surface area (Å²) < 4.78 is 3.96. The molecule has 1 aliphatic heterocycles. The Labute approximate surface area is 129 Å². The molecule has 0 atom stereocenters. The van der Waals surface area contributed by atoms with Crippen molar-refractivity contribution in [3.63, 3.8) is 0 Å². The number of nitrogens with zero attached hydrogens (tertiary/aromatic N) is 6. The van der Waals surface area contributed by atoms with Crippen molar-refractivity contribution in [3.8, 4) is 11.5 Å². The molecule has 0 unspecified atom stereocenters. The second-order valence-electron chi connectivity index (χ2n) is 5.88. The van der Waals surface area contributed by atoms with Crippen LogP contribution in [0, 0.1) is 6.92 Å². The first kappa shape index (κ1) is 14.5. The van der Waals surface area contributed by atoms with Crippen LogP contribution in [0.2, 0.25) is 5.02 Å². The lowest BCUT2D eigenvalue weighted by atomic mass is 10.2. The average Bonchev–Trinajstić information content (AvgIpc) is 2.83. The van der Waals surface area contributed by atoms with Crippen LogP contribution in [0.1, 0.15) is 31.8 Å². The Hall–Kier alpha value is -1.40. The number of hydrogen-bond donors (Lipinski definition) is 0. The molecule has 3 rings (SSSR count). The molecule has 1 aliphatic rings. The highest BCUT2D eigenvalue weighted by molar-refractivity contribution is 6.33. The number of halogens is 1. The van der Waals surface area contributed by atoms with E-state index in [0.29, 0.717) is 11.1 Å². The highest BCUT2D eigenvalue weighted by Gasteiger charge is 2.25. The molecule has 0 amide bonds. The lowest BCUT2D eigenvalue weighted by Crippen LogP contribution is -2.30. The Bertz CT molecular complexity index is 657. The summed E-state index contributed by atoms with van der Waals surface area (Å²) in [6.45, 7) is 9.16. The van der Waals surface area contributed by atoms with Crippen LogP contribution in [0.5, 0.6) is 0 Å². The van der Waals surface area contributed by atoms with E-state index in [1.54, 1.807) is 0 Å². The van der Waals surface area contributed by atoms with E-state index in [2.05, 4.69) is 34.0 Å². The van der Waals surface area contributed by atoms with Gasteiger partial charge in [0.25, 0.3) is 0 Å². The Morgan fingerprint density at radius 1 is 1.19 bits per heavy atom. The molecule has 3 heterocycles. The van der Waals surface area contributed by atoms with Gasteiger partial charge in [-0.05, 0) is 27.2 Å². The zero-order chi connectivity index (χ0) is 15.1. The Morgan fingerprint density at radius 2 is 1.95 bits per heavy atom. The summed E-state index contributed by atoms with van der Waals surface area (Å²) in [6, 6.07) is 0.503. The molecule has 21 heavy (non-hydrogen) atoms. The molecule has 0 aliphatic carbocycles. The maximum Gasteiger partial charge on any atom is 0.185 e. The lowest BCUT2D eigenvalue weighted by Gasteiger charge is -2.23. The van der Waals surface area contributed by atoms with Crippen LogP contribution in [0.25, 0.3) is 11.5 Å². The molecule has 0 N–H and O–H groups in total. The summed E-state index contributed by atoms with van der Waals surface area (Å²) in [5, 5.41) is 13.7. The van der Waals surface area contributed by atoms with Gasteiger partial charge in [-0.2, -0.15) is 5.10 Å². The van der Waals surface area contributed by atoms with E-state index in [4.69, 9.17) is 11.6 Å². The van der Waals surface area contributed by atoms with Crippen LogP contribution in [0.4, 0.5) is 0 Å². The molecule has 114 valence electrons. The molecule has 0 aromatic carbocycles. The summed E-state index contributed by atoms with van der Waals surface area (Å²) in [4.78, 5) is 2.43. The van der Waals surface area contributed by atoms with Crippen molar-refractivity contribution < 1.29 is 0 Å². The zero-order valence-electron chi connectivity index (χ0n) is 13.0. The van der Waals surface area contributed by atoms with Crippen molar-refractivity contribution in [3.05, 3.63) is 16.5 Å². The van der Waals surface area contributed by atoms with E-state index in [0.717, 1.165) is 49.1 Å². The molecule has 0 spiro atoms. The third-order valence-electron chi connectivity index (χ3n) is 4.20. The molecular formula is C14H21ClN6. The third kappa shape index (κ3) is 2.46. The number of aromatic nitrogens is 5. The summed E-state index contributed by atoms with van der Waals surface area (Å²) in [5.74, 6) is 1.59. The highest BCUT2D eigenvalue weighted by atomic mass is 35.5. The van der Waals surface area contributed by atoms with E-state index in [9.17, 15) is 0 Å². The van der Waals surface area contributed by atoms with Crippen molar-refractivity contribution in [1.29, 1.82) is 0 Å². The van der Waals surface area contributed by atoms with Gasteiger partial charge in [-0.15, -0.1) is 10.2 Å². The normalized spacial score (nSPS) is 16.3. The van der Waals surface area contributed by atoms with Gasteiger partial charge in [0.05, 0.1) is 10.7 Å². The van der Waals surface area contributed by atoms with Crippen LogP contribution in [0.15, 0.2) is 0 Å². The number of fused-ring (bicyclic) bond motifs is 1. The lowest BCUT2D eigenvalue weighted by molar-refractivity contribution is 0.216. The van der Waals surface area contributed by atoms with E-state index < -0.39 is 0 Å². The molecule has 0 fully saturated rings. The van der Waals surface area contributed by atoms with Gasteiger partial charge in [-0.25, -0.2) is 0 Å². The van der Waals surface area contributed by atoms with Gasteiger partial charge in [-0.3, -0.25) is 9.58 Å². The van der Waals surface area contributed by atoms with Crippen LogP contribution < -0.4 is 0 Å². The van der Waals surface area contributed by atoms with Gasteiger partial charge < -0.3 is 4.57 Å². The van der Waals surface area contributed by atoms with Crippen LogP contribution in [-0.2, 0) is 20.1 Å². The fourth-order valence-electron chi connectivity index (χ4n) is 2.70. The molecule has 7 heteroatoms. The van der Waals surface area contributed by atoms with Gasteiger partial charge in [0.15, 0.2) is 5.82 Å². The van der Waals surface area contributed by atoms with Crippen molar-refractivity contribution in [1.82, 2.24) is 29.4 Å². The monoisotopic (exact) mass is 308 g/mol. The first-order valence-corrected chi connectivity index (χ1v) is 7.72. The Kier molecular flexibility index (Phi) is 3.75. The van der Waals surface area contributed by atoms with E-state index in [1.165, 1.54) is 0 Å². The van der Waals surface area contributed by atoms with Crippen molar-refractivity contribution in [2.24, 2.45) is 7.05 Å². The number of aryl methyl sites for hydroxylation is 2. The molecule has 0 saturated heterocycles. The van der Waals surface area contributed by atoms with E-state index >= 15 is 0 Å². The quantitative estimate of drug-likeness (QED) is 0.854. The van der Waals surface area contributed by atoms with Crippen molar-refractivity contribution >= 4 is 11.6 Å². The average molecular weight is 309 g/mol. The van der Waals surface area contributed by atoms with E-state index in [1.807, 2.05) is 23.2 Å². The first-order valence-electron chi connectivity index (χ1n) is 7.34. The predicted molar refractivity (Wildman–Crippen MR) is 82.1 cm³/mol. The Balaban J connectivity index is 2.04. The topological polar surface area (TPSA) is 51.8 Å². The van der Waals surface area contributed by atoms with Gasteiger partial charge in [0.1, 0.15) is 11.5 Å². The molecule has 0 saturated carbocycles. The first-order chi connectivity index (χ1) is 9.99. The van der Waals surface area contributed by atoms with Gasteiger partial charge >= 0.3 is 0 Å². The second kappa shape index (κ2) is 5.42. The largest absolute Gasteiger partial charge is 0.313 e. The minimum absolute atomic E-state index is 0.503. The highest BCUT2D eigenvalue weighted by Crippen LogP contribution is 2.31. The fourth-order valence-corrected chi connectivity index (χ4v) is 2.98.